The Morgan fingerprint density at radius 2 is 1.15 bits per heavy atom. The van der Waals surface area contributed by atoms with Gasteiger partial charge in [-0.2, -0.15) is 52.7 Å². The highest BCUT2D eigenvalue weighted by Crippen LogP contribution is 2.39. The normalized spacial score (nSPS) is 13.6. The number of benzene rings is 2. The lowest BCUT2D eigenvalue weighted by Gasteiger charge is -2.16. The lowest BCUT2D eigenvalue weighted by atomic mass is 10.0. The van der Waals surface area contributed by atoms with Crippen LogP contribution in [-0.4, -0.2) is 27.7 Å². The van der Waals surface area contributed by atoms with Crippen molar-refractivity contribution in [2.75, 3.05) is 0 Å². The molecule has 0 radical (unpaired) electrons. The summed E-state index contributed by atoms with van der Waals surface area (Å²) >= 11 is 0. The Morgan fingerprint density at radius 3 is 1.54 bits per heavy atom. The molecule has 0 spiro atoms. The Labute approximate surface area is 259 Å². The highest BCUT2D eigenvalue weighted by Gasteiger charge is 2.45. The number of fused-ring (bicyclic) bond motifs is 2. The zero-order valence-electron chi connectivity index (χ0n) is 24.5. The van der Waals surface area contributed by atoms with Gasteiger partial charge in [-0.05, 0) is 48.9 Å². The standard InChI is InChI=1S/C28H14F12N2O4.C2H6/c1-11(3-6-19(27(35,36)37)12(2)26(32,33)34)41-21(43)15-8-17-18(9-16(15)22(41)44)24(46)42(23(17)45)14-5-4-13(10-25(29,30)31)20(7-14)28(38,39)40;1-2/h3-9H,2,10H2,1H3;1-2H3/b11-3+,19-6+;. The van der Waals surface area contributed by atoms with Crippen molar-refractivity contribution in [3.63, 3.8) is 0 Å². The molecule has 2 aromatic heterocycles. The van der Waals surface area contributed by atoms with E-state index < -0.39 is 109 Å². The zero-order chi connectivity index (χ0) is 36.9. The van der Waals surface area contributed by atoms with E-state index in [4.69, 9.17) is 0 Å². The van der Waals surface area contributed by atoms with Gasteiger partial charge in [-0.15, -0.1) is 0 Å². The molecule has 0 saturated heterocycles. The Balaban J connectivity index is 0.00000307. The molecule has 0 fully saturated rings. The first kappa shape index (κ1) is 37.6. The fourth-order valence-corrected chi connectivity index (χ4v) is 4.66. The molecule has 2 aromatic carbocycles. The van der Waals surface area contributed by atoms with Crippen molar-refractivity contribution < 1.29 is 52.7 Å². The molecule has 0 N–H and O–H groups in total. The monoisotopic (exact) mass is 700 g/mol. The predicted octanol–water partition coefficient (Wildman–Crippen LogP) is 7.52. The van der Waals surface area contributed by atoms with Gasteiger partial charge in [0.2, 0.25) is 0 Å². The van der Waals surface area contributed by atoms with E-state index in [9.17, 15) is 71.9 Å². The predicted molar refractivity (Wildman–Crippen MR) is 152 cm³/mol. The van der Waals surface area contributed by atoms with Crippen LogP contribution in [0.4, 0.5) is 52.7 Å². The average Bonchev–Trinajstić information content (AvgIpc) is 3.34. The smallest absolute Gasteiger partial charge is 0.268 e. The first-order valence-corrected chi connectivity index (χ1v) is 13.3. The van der Waals surface area contributed by atoms with E-state index in [1.807, 2.05) is 13.8 Å². The first-order chi connectivity index (χ1) is 21.8. The number of nitrogens with zero attached hydrogens (tertiary/aromatic N) is 2. The maximum atomic E-state index is 13.6. The van der Waals surface area contributed by atoms with Crippen molar-refractivity contribution in [3.8, 4) is 5.69 Å². The van der Waals surface area contributed by atoms with E-state index in [-0.39, 0.29) is 21.3 Å². The van der Waals surface area contributed by atoms with Crippen LogP contribution in [0.1, 0.15) is 31.9 Å². The molecule has 258 valence electrons. The third-order valence-electron chi connectivity index (χ3n) is 6.76. The van der Waals surface area contributed by atoms with Crippen LogP contribution in [-0.2, 0) is 12.6 Å². The van der Waals surface area contributed by atoms with Crippen molar-refractivity contribution in [2.45, 2.75) is 51.9 Å². The number of halogens is 12. The molecule has 0 atom stereocenters. The van der Waals surface area contributed by atoms with Crippen LogP contribution in [0.5, 0.6) is 0 Å². The molecule has 4 rings (SSSR count). The van der Waals surface area contributed by atoms with Gasteiger partial charge >= 0.3 is 24.7 Å². The molecule has 0 aliphatic carbocycles. The van der Waals surface area contributed by atoms with Crippen LogP contribution >= 0.6 is 0 Å². The number of hydrogen-bond donors (Lipinski definition) is 0. The van der Waals surface area contributed by atoms with Crippen molar-refractivity contribution >= 4 is 27.2 Å². The van der Waals surface area contributed by atoms with Gasteiger partial charge in [0.05, 0.1) is 50.4 Å². The fourth-order valence-electron chi connectivity index (χ4n) is 4.66. The number of hydrogen-bond acceptors (Lipinski definition) is 4. The Kier molecular flexibility index (Phi) is 9.87. The van der Waals surface area contributed by atoms with Crippen LogP contribution in [0.3, 0.4) is 0 Å². The highest BCUT2D eigenvalue weighted by molar-refractivity contribution is 5.98. The van der Waals surface area contributed by atoms with Gasteiger partial charge in [0, 0.05) is 5.70 Å². The van der Waals surface area contributed by atoms with E-state index in [0.29, 0.717) is 30.3 Å². The Bertz CT molecular complexity index is 2100. The van der Waals surface area contributed by atoms with Gasteiger partial charge in [-0.25, -0.2) is 9.13 Å². The summed E-state index contributed by atoms with van der Waals surface area (Å²) in [6.07, 6.45) is -23.0. The van der Waals surface area contributed by atoms with Gasteiger partial charge < -0.3 is 0 Å². The molecule has 0 aliphatic heterocycles. The minimum absolute atomic E-state index is 0.0607. The molecule has 0 unspecified atom stereocenters. The van der Waals surface area contributed by atoms with Gasteiger partial charge in [0.25, 0.3) is 22.2 Å². The summed E-state index contributed by atoms with van der Waals surface area (Å²) in [6.45, 7) is 7.28. The summed E-state index contributed by atoms with van der Waals surface area (Å²) in [5.74, 6) is 0. The highest BCUT2D eigenvalue weighted by atomic mass is 19.4. The summed E-state index contributed by atoms with van der Waals surface area (Å²) in [5.41, 5.74) is -14.1. The Hall–Kier alpha value is -4.90. The molecule has 4 aromatic rings. The second kappa shape index (κ2) is 12.6. The van der Waals surface area contributed by atoms with Crippen LogP contribution in [0, 0.1) is 0 Å². The topological polar surface area (TPSA) is 78.1 Å². The molecule has 0 bridgehead atoms. The lowest BCUT2D eigenvalue weighted by molar-refractivity contribution is -0.143. The maximum absolute atomic E-state index is 13.6. The van der Waals surface area contributed by atoms with Gasteiger partial charge in [0.1, 0.15) is 0 Å². The fraction of sp³-hybridized carbons (Fsp3) is 0.267. The molecule has 0 amide bonds. The van der Waals surface area contributed by atoms with E-state index in [1.165, 1.54) is 0 Å². The van der Waals surface area contributed by atoms with Crippen molar-refractivity contribution in [3.05, 3.63) is 113 Å². The molecule has 48 heavy (non-hydrogen) atoms. The van der Waals surface area contributed by atoms with Crippen LogP contribution in [0.15, 0.2) is 79.4 Å². The van der Waals surface area contributed by atoms with Crippen LogP contribution < -0.4 is 22.2 Å². The van der Waals surface area contributed by atoms with Gasteiger partial charge in [-0.1, -0.05) is 26.5 Å². The van der Waals surface area contributed by atoms with Gasteiger partial charge in [0.15, 0.2) is 0 Å². The van der Waals surface area contributed by atoms with E-state index in [0.717, 1.165) is 6.92 Å². The van der Waals surface area contributed by atoms with Gasteiger partial charge in [-0.3, -0.25) is 19.2 Å². The SMILES string of the molecule is C=C(/C(=C\C=C(/C)n1c(=O)c2cc3c(=O)n(-c4ccc(CC(F)(F)F)c(C(F)(F)F)c4)c(=O)c3cc2c1=O)C(F)(F)F)C(F)(F)F.CC. The summed E-state index contributed by atoms with van der Waals surface area (Å²) in [4.78, 5) is 52.3. The minimum Gasteiger partial charge on any atom is -0.268 e. The summed E-state index contributed by atoms with van der Waals surface area (Å²) < 4.78 is 158. The number of rotatable bonds is 5. The van der Waals surface area contributed by atoms with E-state index in [1.54, 1.807) is 0 Å². The van der Waals surface area contributed by atoms with Crippen molar-refractivity contribution in [1.82, 2.24) is 9.13 Å². The molecular weight excluding hydrogens is 680 g/mol. The quantitative estimate of drug-likeness (QED) is 0.160. The first-order valence-electron chi connectivity index (χ1n) is 13.3. The molecule has 0 saturated carbocycles. The third kappa shape index (κ3) is 7.16. The zero-order valence-corrected chi connectivity index (χ0v) is 24.5. The lowest BCUT2D eigenvalue weighted by Crippen LogP contribution is -2.25. The van der Waals surface area contributed by atoms with Crippen LogP contribution in [0.2, 0.25) is 0 Å². The maximum Gasteiger partial charge on any atom is 0.416 e. The number of alkyl halides is 12. The van der Waals surface area contributed by atoms with E-state index in [2.05, 4.69) is 6.58 Å². The second-order valence-electron chi connectivity index (χ2n) is 9.83. The number of allylic oxidation sites excluding steroid dienone is 5. The largest absolute Gasteiger partial charge is 0.416 e. The van der Waals surface area contributed by atoms with Crippen molar-refractivity contribution in [1.29, 1.82) is 0 Å². The van der Waals surface area contributed by atoms with Crippen molar-refractivity contribution in [2.24, 2.45) is 0 Å². The average molecular weight is 700 g/mol. The molecule has 2 heterocycles. The Morgan fingerprint density at radius 1 is 0.688 bits per heavy atom. The molecule has 18 heteroatoms. The molecule has 0 aliphatic rings. The molecule has 6 nitrogen and oxygen atoms in total. The summed E-state index contributed by atoms with van der Waals surface area (Å²) in [7, 11) is 0. The third-order valence-corrected chi connectivity index (χ3v) is 6.76. The molecular formula is C30H20F12N2O4. The summed E-state index contributed by atoms with van der Waals surface area (Å²) in [6, 6.07) is 2.66. The minimum atomic E-state index is -5.54. The second-order valence-corrected chi connectivity index (χ2v) is 9.83. The number of aromatic nitrogens is 2. The van der Waals surface area contributed by atoms with E-state index >= 15 is 0 Å². The van der Waals surface area contributed by atoms with Crippen LogP contribution in [0.25, 0.3) is 32.9 Å². The summed E-state index contributed by atoms with van der Waals surface area (Å²) in [5, 5.41) is -2.39.